The lowest BCUT2D eigenvalue weighted by Crippen LogP contribution is -2.59. The number of thiazole rings is 1. The zero-order chi connectivity index (χ0) is 21.4. The van der Waals surface area contributed by atoms with Gasteiger partial charge >= 0.3 is 0 Å². The second-order valence-corrected chi connectivity index (χ2v) is 9.35. The van der Waals surface area contributed by atoms with Crippen LogP contribution in [0.25, 0.3) is 0 Å². The molecule has 158 valence electrons. The molecule has 0 unspecified atom stereocenters. The maximum absolute atomic E-state index is 13.7. The summed E-state index contributed by atoms with van der Waals surface area (Å²) in [5.41, 5.74) is 2.92. The molecule has 1 saturated carbocycles. The molecule has 6 heteroatoms. The average Bonchev–Trinajstić information content (AvgIpc) is 3.42. The van der Waals surface area contributed by atoms with E-state index in [1.165, 1.54) is 11.3 Å². The molecule has 1 aliphatic heterocycles. The first-order valence-corrected chi connectivity index (χ1v) is 11.6. The fourth-order valence-electron chi connectivity index (χ4n) is 5.25. The molecule has 1 fully saturated rings. The third-order valence-electron chi connectivity index (χ3n) is 6.59. The fourth-order valence-corrected chi connectivity index (χ4v) is 5.94. The number of carbonyl (C=O) groups excluding carboxylic acids is 2. The molecule has 0 bridgehead atoms. The zero-order valence-electron chi connectivity index (χ0n) is 17.5. The first-order valence-electron chi connectivity index (χ1n) is 10.8. The van der Waals surface area contributed by atoms with Crippen LogP contribution in [0.2, 0.25) is 0 Å². The van der Waals surface area contributed by atoms with E-state index < -0.39 is 11.5 Å². The summed E-state index contributed by atoms with van der Waals surface area (Å²) >= 11 is 1.43. The summed E-state index contributed by atoms with van der Waals surface area (Å²) < 4.78 is 0. The van der Waals surface area contributed by atoms with E-state index in [-0.39, 0.29) is 11.8 Å². The summed E-state index contributed by atoms with van der Waals surface area (Å²) in [4.78, 5) is 33.8. The van der Waals surface area contributed by atoms with Crippen molar-refractivity contribution in [3.05, 3.63) is 82.4 Å². The molecular formula is C25H25N3O2S. The molecule has 2 aromatic carbocycles. The predicted octanol–water partition coefficient (Wildman–Crippen LogP) is 5.14. The number of nitrogens with zero attached hydrogens (tertiary/aromatic N) is 2. The number of aryl methyl sites for hydroxylation is 1. The Kier molecular flexibility index (Phi) is 5.10. The van der Waals surface area contributed by atoms with Gasteiger partial charge in [0.05, 0.1) is 17.2 Å². The van der Waals surface area contributed by atoms with Crippen molar-refractivity contribution in [2.24, 2.45) is 0 Å². The number of amides is 2. The van der Waals surface area contributed by atoms with Crippen molar-refractivity contribution < 1.29 is 9.59 Å². The van der Waals surface area contributed by atoms with Gasteiger partial charge in [-0.05, 0) is 37.0 Å². The van der Waals surface area contributed by atoms with Gasteiger partial charge in [-0.1, -0.05) is 61.4 Å². The fraction of sp³-hybridized carbons (Fsp3) is 0.320. The zero-order valence-corrected chi connectivity index (χ0v) is 18.3. The number of fused-ring (bicyclic) bond motifs is 1. The molecule has 5 nitrogen and oxygen atoms in total. The van der Waals surface area contributed by atoms with E-state index in [9.17, 15) is 9.59 Å². The van der Waals surface area contributed by atoms with Gasteiger partial charge in [-0.15, -0.1) is 11.3 Å². The maximum Gasteiger partial charge on any atom is 0.254 e. The van der Waals surface area contributed by atoms with Crippen LogP contribution in [-0.2, 0) is 11.3 Å². The third-order valence-corrected chi connectivity index (χ3v) is 7.46. The molecular weight excluding hydrogens is 406 g/mol. The number of hydrogen-bond donors (Lipinski definition) is 1. The minimum absolute atomic E-state index is 0.0236. The molecule has 31 heavy (non-hydrogen) atoms. The highest BCUT2D eigenvalue weighted by molar-refractivity contribution is 7.13. The monoisotopic (exact) mass is 431 g/mol. The first kappa shape index (κ1) is 19.9. The Hall–Kier alpha value is -2.99. The van der Waals surface area contributed by atoms with Gasteiger partial charge in [-0.25, -0.2) is 4.98 Å². The minimum atomic E-state index is -0.516. The topological polar surface area (TPSA) is 62.3 Å². The predicted molar refractivity (Wildman–Crippen MR) is 122 cm³/mol. The van der Waals surface area contributed by atoms with E-state index in [4.69, 9.17) is 0 Å². The average molecular weight is 432 g/mol. The van der Waals surface area contributed by atoms with E-state index in [2.05, 4.69) is 10.3 Å². The van der Waals surface area contributed by atoms with Gasteiger partial charge in [0.1, 0.15) is 0 Å². The number of hydrogen-bond acceptors (Lipinski definition) is 4. The Balaban J connectivity index is 1.60. The van der Waals surface area contributed by atoms with Crippen LogP contribution in [0.4, 0.5) is 5.13 Å². The van der Waals surface area contributed by atoms with Crippen LogP contribution in [0.3, 0.4) is 0 Å². The molecule has 2 aliphatic rings. The van der Waals surface area contributed by atoms with Crippen LogP contribution in [0.15, 0.2) is 60.0 Å². The van der Waals surface area contributed by atoms with Crippen LogP contribution in [0, 0.1) is 6.92 Å². The van der Waals surface area contributed by atoms with Gasteiger partial charge in [0.15, 0.2) is 5.13 Å². The van der Waals surface area contributed by atoms with Crippen molar-refractivity contribution >= 4 is 28.3 Å². The highest BCUT2D eigenvalue weighted by atomic mass is 32.1. The van der Waals surface area contributed by atoms with Crippen LogP contribution in [0.1, 0.15) is 58.8 Å². The van der Waals surface area contributed by atoms with Gasteiger partial charge in [0.2, 0.25) is 5.91 Å². The van der Waals surface area contributed by atoms with Gasteiger partial charge in [0, 0.05) is 17.5 Å². The Morgan fingerprint density at radius 3 is 2.55 bits per heavy atom. The highest BCUT2D eigenvalue weighted by Crippen LogP contribution is 2.51. The molecule has 1 aliphatic carbocycles. The molecule has 0 saturated heterocycles. The molecule has 1 N–H and O–H groups in total. The number of rotatable bonds is 4. The van der Waals surface area contributed by atoms with Gasteiger partial charge in [-0.2, -0.15) is 0 Å². The summed E-state index contributed by atoms with van der Waals surface area (Å²) in [6.45, 7) is 2.43. The van der Waals surface area contributed by atoms with Crippen molar-refractivity contribution in [3.8, 4) is 0 Å². The molecule has 3 aromatic rings. The van der Waals surface area contributed by atoms with E-state index in [1.54, 1.807) is 0 Å². The lowest BCUT2D eigenvalue weighted by atomic mass is 9.71. The van der Waals surface area contributed by atoms with Crippen molar-refractivity contribution in [2.75, 3.05) is 5.32 Å². The number of benzene rings is 2. The highest BCUT2D eigenvalue weighted by Gasteiger charge is 2.55. The van der Waals surface area contributed by atoms with Gasteiger partial charge in [-0.3, -0.25) is 9.59 Å². The van der Waals surface area contributed by atoms with Crippen molar-refractivity contribution in [1.82, 2.24) is 9.88 Å². The van der Waals surface area contributed by atoms with E-state index in [1.807, 2.05) is 71.8 Å². The SMILES string of the molecule is Cc1csc(NC(=O)[C@@H]2c3ccccc3C(=O)N(Cc3ccccc3)C23CCCC3)n1. The second kappa shape index (κ2) is 7.93. The Morgan fingerprint density at radius 1 is 1.13 bits per heavy atom. The van der Waals surface area contributed by atoms with E-state index >= 15 is 0 Å². The summed E-state index contributed by atoms with van der Waals surface area (Å²) in [5.74, 6) is -0.471. The summed E-state index contributed by atoms with van der Waals surface area (Å²) in [6, 6.07) is 17.7. The largest absolute Gasteiger partial charge is 0.327 e. The molecule has 0 radical (unpaired) electrons. The summed E-state index contributed by atoms with van der Waals surface area (Å²) in [7, 11) is 0. The lowest BCUT2D eigenvalue weighted by Gasteiger charge is -2.50. The van der Waals surface area contributed by atoms with Crippen molar-refractivity contribution in [1.29, 1.82) is 0 Å². The standard InChI is InChI=1S/C25H25N3O2S/c1-17-16-31-24(26-17)27-22(29)21-19-11-5-6-12-20(19)23(30)28(25(21)13-7-8-14-25)15-18-9-3-2-4-10-18/h2-6,9-12,16,21H,7-8,13-15H2,1H3,(H,26,27,29)/t21-/m0/s1. The van der Waals surface area contributed by atoms with Crippen molar-refractivity contribution in [2.45, 2.75) is 50.6 Å². The van der Waals surface area contributed by atoms with Gasteiger partial charge in [0.25, 0.3) is 5.91 Å². The quantitative estimate of drug-likeness (QED) is 0.622. The van der Waals surface area contributed by atoms with Crippen LogP contribution < -0.4 is 5.32 Å². The number of nitrogens with one attached hydrogen (secondary N) is 1. The van der Waals surface area contributed by atoms with Crippen LogP contribution in [0.5, 0.6) is 0 Å². The maximum atomic E-state index is 13.7. The van der Waals surface area contributed by atoms with Crippen LogP contribution in [-0.4, -0.2) is 27.2 Å². The molecule has 1 aromatic heterocycles. The molecule has 2 amide bonds. The summed E-state index contributed by atoms with van der Waals surface area (Å²) in [5, 5.41) is 5.60. The normalized spacial score (nSPS) is 19.5. The summed E-state index contributed by atoms with van der Waals surface area (Å²) in [6.07, 6.45) is 3.69. The Morgan fingerprint density at radius 2 is 1.84 bits per heavy atom. The number of aromatic nitrogens is 1. The van der Waals surface area contributed by atoms with E-state index in [0.717, 1.165) is 42.5 Å². The smallest absolute Gasteiger partial charge is 0.254 e. The minimum Gasteiger partial charge on any atom is -0.327 e. The second-order valence-electron chi connectivity index (χ2n) is 8.49. The Labute approximate surface area is 186 Å². The molecule has 1 spiro atoms. The number of anilines is 1. The lowest BCUT2D eigenvalue weighted by molar-refractivity contribution is -0.121. The van der Waals surface area contributed by atoms with Crippen LogP contribution >= 0.6 is 11.3 Å². The van der Waals surface area contributed by atoms with Crippen molar-refractivity contribution in [3.63, 3.8) is 0 Å². The van der Waals surface area contributed by atoms with Gasteiger partial charge < -0.3 is 10.2 Å². The molecule has 2 heterocycles. The first-order chi connectivity index (χ1) is 15.1. The Bertz CT molecular complexity index is 1120. The third kappa shape index (κ3) is 3.45. The molecule has 1 atom stereocenters. The van der Waals surface area contributed by atoms with E-state index in [0.29, 0.717) is 17.2 Å². The number of carbonyl (C=O) groups is 2. The molecule has 5 rings (SSSR count).